The average Bonchev–Trinajstić information content (AvgIpc) is 3.47. The number of Topliss-reactive ketones (excluding diaryl/α,β-unsaturated/α-hetero) is 1. The van der Waals surface area contributed by atoms with Gasteiger partial charge in [0, 0.05) is 30.9 Å². The summed E-state index contributed by atoms with van der Waals surface area (Å²) in [5, 5.41) is 11.6. The number of unbranched alkanes of at least 4 members (excludes halogenated alkanes) is 2. The Bertz CT molecular complexity index is 1450. The molecule has 5 rings (SSSR count). The van der Waals surface area contributed by atoms with Crippen LogP contribution in [0.5, 0.6) is 17.2 Å². The molecule has 8 nitrogen and oxygen atoms in total. The molecular formula is C33H36N2O6. The lowest BCUT2D eigenvalue weighted by Gasteiger charge is -2.26. The fourth-order valence-corrected chi connectivity index (χ4v) is 5.42. The summed E-state index contributed by atoms with van der Waals surface area (Å²) in [7, 11) is 0. The molecule has 214 valence electrons. The topological polar surface area (TPSA) is 98.2 Å². The standard InChI is InChI=1S/C33H36N2O6/c1-4-6-7-15-40-27-13-10-23(18-28(27)39-5-2)30-29(31(36)24-11-12-26-25(17-24)16-21(3)41-26)32(37)33(38)35(30)20-22-9-8-14-34-19-22/h8-14,17-19,21,30,36H,4-7,15-16,20H2,1-3H3/b31-29+/t21-,30+/m0/s1. The number of hydrogen-bond acceptors (Lipinski definition) is 7. The molecule has 1 fully saturated rings. The van der Waals surface area contributed by atoms with Gasteiger partial charge in [-0.25, -0.2) is 0 Å². The summed E-state index contributed by atoms with van der Waals surface area (Å²) in [6.45, 7) is 7.14. The predicted molar refractivity (Wildman–Crippen MR) is 155 cm³/mol. The van der Waals surface area contributed by atoms with Crippen LogP contribution in [0.3, 0.4) is 0 Å². The molecule has 41 heavy (non-hydrogen) atoms. The van der Waals surface area contributed by atoms with Crippen molar-refractivity contribution in [2.75, 3.05) is 13.2 Å². The molecule has 2 aliphatic heterocycles. The molecule has 8 heteroatoms. The smallest absolute Gasteiger partial charge is 0.295 e. The number of ether oxygens (including phenoxy) is 3. The third-order valence-corrected chi connectivity index (χ3v) is 7.37. The van der Waals surface area contributed by atoms with Crippen molar-refractivity contribution in [2.45, 2.75) is 65.1 Å². The molecule has 0 radical (unpaired) electrons. The summed E-state index contributed by atoms with van der Waals surface area (Å²) in [6.07, 6.45) is 7.14. The predicted octanol–water partition coefficient (Wildman–Crippen LogP) is 5.99. The number of aliphatic hydroxyl groups is 1. The molecule has 0 bridgehead atoms. The molecule has 2 aromatic carbocycles. The Balaban J connectivity index is 1.59. The summed E-state index contributed by atoms with van der Waals surface area (Å²) >= 11 is 0. The zero-order valence-corrected chi connectivity index (χ0v) is 23.8. The maximum absolute atomic E-state index is 13.6. The molecule has 3 aromatic rings. The largest absolute Gasteiger partial charge is 0.507 e. The summed E-state index contributed by atoms with van der Waals surface area (Å²) in [5.41, 5.74) is 2.85. The number of nitrogens with zero attached hydrogens (tertiary/aromatic N) is 2. The number of pyridine rings is 1. The first-order valence-corrected chi connectivity index (χ1v) is 14.3. The van der Waals surface area contributed by atoms with E-state index in [-0.39, 0.29) is 24.0 Å². The van der Waals surface area contributed by atoms with E-state index in [0.29, 0.717) is 42.3 Å². The number of carbonyl (C=O) groups is 2. The number of aliphatic hydroxyl groups excluding tert-OH is 1. The minimum Gasteiger partial charge on any atom is -0.507 e. The number of hydrogen-bond donors (Lipinski definition) is 1. The zero-order chi connectivity index (χ0) is 28.9. The second kappa shape index (κ2) is 12.5. The lowest BCUT2D eigenvalue weighted by atomic mass is 9.94. The number of amides is 1. The Morgan fingerprint density at radius 2 is 1.93 bits per heavy atom. The Kier molecular flexibility index (Phi) is 8.57. The molecule has 2 atom stereocenters. The van der Waals surface area contributed by atoms with Crippen LogP contribution in [0, 0.1) is 0 Å². The number of fused-ring (bicyclic) bond motifs is 1. The van der Waals surface area contributed by atoms with E-state index in [1.54, 1.807) is 36.7 Å². The van der Waals surface area contributed by atoms with Crippen LogP contribution in [0.15, 0.2) is 66.5 Å². The summed E-state index contributed by atoms with van der Waals surface area (Å²) < 4.78 is 17.8. The van der Waals surface area contributed by atoms with Crippen molar-refractivity contribution >= 4 is 17.4 Å². The van der Waals surface area contributed by atoms with Gasteiger partial charge in [0.2, 0.25) is 0 Å². The Hall–Kier alpha value is -4.33. The molecule has 1 N–H and O–H groups in total. The fourth-order valence-electron chi connectivity index (χ4n) is 5.42. The summed E-state index contributed by atoms with van der Waals surface area (Å²) in [5.74, 6) is 0.247. The van der Waals surface area contributed by atoms with Gasteiger partial charge in [0.25, 0.3) is 11.7 Å². The molecule has 1 amide bonds. The molecule has 3 heterocycles. The number of ketones is 1. The van der Waals surface area contributed by atoms with Gasteiger partial charge in [-0.3, -0.25) is 14.6 Å². The van der Waals surface area contributed by atoms with Gasteiger partial charge in [-0.05, 0) is 73.4 Å². The first-order valence-electron chi connectivity index (χ1n) is 14.3. The van der Waals surface area contributed by atoms with Crippen LogP contribution >= 0.6 is 0 Å². The van der Waals surface area contributed by atoms with E-state index in [0.717, 1.165) is 36.1 Å². The minimum atomic E-state index is -0.841. The van der Waals surface area contributed by atoms with Crippen molar-refractivity contribution in [1.29, 1.82) is 0 Å². The highest BCUT2D eigenvalue weighted by Gasteiger charge is 2.46. The van der Waals surface area contributed by atoms with E-state index in [4.69, 9.17) is 14.2 Å². The minimum absolute atomic E-state index is 0.0323. The van der Waals surface area contributed by atoms with E-state index < -0.39 is 17.7 Å². The van der Waals surface area contributed by atoms with Gasteiger partial charge in [-0.2, -0.15) is 0 Å². The number of likely N-dealkylation sites (tertiary alicyclic amines) is 1. The van der Waals surface area contributed by atoms with E-state index in [9.17, 15) is 14.7 Å². The number of carbonyl (C=O) groups excluding carboxylic acids is 2. The highest BCUT2D eigenvalue weighted by atomic mass is 16.5. The van der Waals surface area contributed by atoms with Crippen molar-refractivity contribution < 1.29 is 28.9 Å². The van der Waals surface area contributed by atoms with E-state index >= 15 is 0 Å². The van der Waals surface area contributed by atoms with Gasteiger partial charge < -0.3 is 24.2 Å². The maximum Gasteiger partial charge on any atom is 0.295 e. The third kappa shape index (κ3) is 5.92. The van der Waals surface area contributed by atoms with Gasteiger partial charge >= 0.3 is 0 Å². The molecule has 0 spiro atoms. The van der Waals surface area contributed by atoms with Gasteiger partial charge in [0.1, 0.15) is 17.6 Å². The number of rotatable bonds is 11. The summed E-state index contributed by atoms with van der Waals surface area (Å²) in [6, 6.07) is 13.6. The average molecular weight is 557 g/mol. The maximum atomic E-state index is 13.6. The van der Waals surface area contributed by atoms with Gasteiger partial charge in [0.15, 0.2) is 11.5 Å². The van der Waals surface area contributed by atoms with Crippen LogP contribution in [0.4, 0.5) is 0 Å². The van der Waals surface area contributed by atoms with E-state index in [1.165, 1.54) is 4.90 Å². The first kappa shape index (κ1) is 28.2. The van der Waals surface area contributed by atoms with E-state index in [2.05, 4.69) is 11.9 Å². The highest BCUT2D eigenvalue weighted by Crippen LogP contribution is 2.43. The lowest BCUT2D eigenvalue weighted by Crippen LogP contribution is -2.29. The molecule has 0 saturated carbocycles. The normalized spacial score (nSPS) is 19.2. The van der Waals surface area contributed by atoms with Crippen molar-refractivity contribution in [1.82, 2.24) is 9.88 Å². The summed E-state index contributed by atoms with van der Waals surface area (Å²) in [4.78, 5) is 32.7. The van der Waals surface area contributed by atoms with Crippen molar-refractivity contribution in [3.63, 3.8) is 0 Å². The third-order valence-electron chi connectivity index (χ3n) is 7.37. The van der Waals surface area contributed by atoms with Crippen LogP contribution in [-0.2, 0) is 22.6 Å². The number of aromatic nitrogens is 1. The highest BCUT2D eigenvalue weighted by molar-refractivity contribution is 6.46. The molecule has 0 aliphatic carbocycles. The van der Waals surface area contributed by atoms with Gasteiger partial charge in [-0.15, -0.1) is 0 Å². The second-order valence-electron chi connectivity index (χ2n) is 10.4. The van der Waals surface area contributed by atoms with Crippen LogP contribution in [0.1, 0.15) is 68.3 Å². The lowest BCUT2D eigenvalue weighted by molar-refractivity contribution is -0.140. The van der Waals surface area contributed by atoms with Crippen molar-refractivity contribution in [3.8, 4) is 17.2 Å². The Morgan fingerprint density at radius 3 is 2.68 bits per heavy atom. The van der Waals surface area contributed by atoms with E-state index in [1.807, 2.05) is 38.1 Å². The first-order chi connectivity index (χ1) is 19.9. The molecule has 1 aromatic heterocycles. The van der Waals surface area contributed by atoms with Crippen LogP contribution in [-0.4, -0.2) is 46.0 Å². The van der Waals surface area contributed by atoms with Gasteiger partial charge in [-0.1, -0.05) is 31.9 Å². The Morgan fingerprint density at radius 1 is 1.07 bits per heavy atom. The quantitative estimate of drug-likeness (QED) is 0.134. The monoisotopic (exact) mass is 556 g/mol. The van der Waals surface area contributed by atoms with Crippen LogP contribution in [0.25, 0.3) is 5.76 Å². The molecular weight excluding hydrogens is 520 g/mol. The van der Waals surface area contributed by atoms with Crippen LogP contribution < -0.4 is 14.2 Å². The zero-order valence-electron chi connectivity index (χ0n) is 23.8. The Labute approximate surface area is 240 Å². The van der Waals surface area contributed by atoms with Crippen LogP contribution in [0.2, 0.25) is 0 Å². The molecule has 0 unspecified atom stereocenters. The SMILES string of the molecule is CCCCCOc1ccc([C@@H]2/C(=C(\O)c3ccc4c(c3)C[C@H](C)O4)C(=O)C(=O)N2Cc2cccnc2)cc1OCC. The molecule has 2 aliphatic rings. The fraction of sp³-hybridized carbons (Fsp3) is 0.364. The number of benzene rings is 2. The molecule has 1 saturated heterocycles. The van der Waals surface area contributed by atoms with Crippen molar-refractivity contribution in [2.24, 2.45) is 0 Å². The van der Waals surface area contributed by atoms with Gasteiger partial charge in [0.05, 0.1) is 24.8 Å². The second-order valence-corrected chi connectivity index (χ2v) is 10.4. The van der Waals surface area contributed by atoms with Crippen molar-refractivity contribution in [3.05, 3.63) is 88.8 Å².